The number of hydrogen-bond donors (Lipinski definition) is 0. The first-order chi connectivity index (χ1) is 13.2. The topological polar surface area (TPSA) is 45.2 Å². The molecule has 1 aromatic carbocycles. The van der Waals surface area contributed by atoms with Gasteiger partial charge >= 0.3 is 0 Å². The zero-order valence-corrected chi connectivity index (χ0v) is 15.6. The highest BCUT2D eigenvalue weighted by Gasteiger charge is 2.23. The van der Waals surface area contributed by atoms with E-state index >= 15 is 0 Å². The zero-order valence-electron chi connectivity index (χ0n) is 15.6. The Morgan fingerprint density at radius 2 is 1.96 bits per heavy atom. The van der Waals surface area contributed by atoms with Crippen LogP contribution in [0.2, 0.25) is 0 Å². The highest BCUT2D eigenvalue weighted by atomic mass is 19.1. The van der Waals surface area contributed by atoms with E-state index in [1.165, 1.54) is 12.1 Å². The zero-order chi connectivity index (χ0) is 18.6. The van der Waals surface area contributed by atoms with Gasteiger partial charge in [-0.05, 0) is 56.0 Å². The summed E-state index contributed by atoms with van der Waals surface area (Å²) in [6.45, 7) is 5.91. The molecule has 0 radical (unpaired) electrons. The molecule has 0 unspecified atom stereocenters. The Morgan fingerprint density at radius 1 is 1.11 bits per heavy atom. The van der Waals surface area contributed by atoms with Crippen LogP contribution in [0.3, 0.4) is 0 Å². The molecule has 1 saturated heterocycles. The minimum Gasteiger partial charge on any atom is -0.357 e. The maximum atomic E-state index is 13.8. The van der Waals surface area contributed by atoms with Crippen molar-refractivity contribution in [2.45, 2.75) is 19.8 Å². The Balaban J connectivity index is 1.47. The number of pyridine rings is 1. The molecule has 1 fully saturated rings. The third-order valence-electron chi connectivity index (χ3n) is 5.32. The van der Waals surface area contributed by atoms with E-state index in [2.05, 4.69) is 37.7 Å². The number of rotatable bonds is 5. The summed E-state index contributed by atoms with van der Waals surface area (Å²) in [7, 11) is 0. The van der Waals surface area contributed by atoms with Crippen LogP contribution in [0.1, 0.15) is 19.8 Å². The van der Waals surface area contributed by atoms with E-state index in [-0.39, 0.29) is 5.82 Å². The van der Waals surface area contributed by atoms with Crippen LogP contribution in [0.25, 0.3) is 10.9 Å². The molecule has 3 aromatic rings. The fraction of sp³-hybridized carbons (Fsp3) is 0.381. The smallest absolute Gasteiger partial charge is 0.139 e. The molecule has 0 atom stereocenters. The first-order valence-electron chi connectivity index (χ1n) is 9.56. The number of fused-ring (bicyclic) bond motifs is 1. The molecule has 1 aliphatic rings. The molecule has 5 nitrogen and oxygen atoms in total. The maximum absolute atomic E-state index is 13.8. The number of halogens is 1. The van der Waals surface area contributed by atoms with Crippen molar-refractivity contribution in [2.75, 3.05) is 36.0 Å². The van der Waals surface area contributed by atoms with Crippen LogP contribution >= 0.6 is 0 Å². The first-order valence-corrected chi connectivity index (χ1v) is 9.56. The second kappa shape index (κ2) is 7.86. The lowest BCUT2D eigenvalue weighted by atomic mass is 9.96. The molecule has 0 amide bonds. The van der Waals surface area contributed by atoms with Crippen molar-refractivity contribution >= 4 is 22.5 Å². The van der Waals surface area contributed by atoms with Crippen molar-refractivity contribution in [1.82, 2.24) is 15.0 Å². The Hall–Kier alpha value is -2.76. The van der Waals surface area contributed by atoms with Crippen molar-refractivity contribution in [3.63, 3.8) is 0 Å². The molecule has 140 valence electrons. The van der Waals surface area contributed by atoms with Crippen molar-refractivity contribution in [1.29, 1.82) is 0 Å². The molecule has 0 saturated carbocycles. The highest BCUT2D eigenvalue weighted by Crippen LogP contribution is 2.27. The van der Waals surface area contributed by atoms with Gasteiger partial charge in [0.15, 0.2) is 0 Å². The minimum atomic E-state index is -0.252. The number of piperidine rings is 1. The van der Waals surface area contributed by atoms with Crippen molar-refractivity contribution < 1.29 is 4.39 Å². The predicted molar refractivity (Wildman–Crippen MR) is 107 cm³/mol. The van der Waals surface area contributed by atoms with Crippen LogP contribution in [-0.2, 0) is 0 Å². The molecule has 1 aliphatic heterocycles. The number of anilines is 2. The molecule has 3 heterocycles. The van der Waals surface area contributed by atoms with Crippen LogP contribution in [0.4, 0.5) is 16.0 Å². The predicted octanol–water partition coefficient (Wildman–Crippen LogP) is 3.91. The molecule has 27 heavy (non-hydrogen) atoms. The van der Waals surface area contributed by atoms with Crippen molar-refractivity contribution in [3.05, 3.63) is 54.7 Å². The SMILES string of the molecule is CCN(CC1CCN(c2ccccn2)CC1)c1ncnc2ccc(F)cc12. The number of aromatic nitrogens is 3. The number of hydrogen-bond acceptors (Lipinski definition) is 5. The van der Waals surface area contributed by atoms with Gasteiger partial charge in [0.1, 0.15) is 23.8 Å². The summed E-state index contributed by atoms with van der Waals surface area (Å²) in [6, 6.07) is 10.8. The number of benzene rings is 1. The Kier molecular flexibility index (Phi) is 5.14. The quantitative estimate of drug-likeness (QED) is 0.686. The van der Waals surface area contributed by atoms with Gasteiger partial charge in [-0.2, -0.15) is 0 Å². The number of nitrogens with zero attached hydrogens (tertiary/aromatic N) is 5. The fourth-order valence-electron chi connectivity index (χ4n) is 3.83. The summed E-state index contributed by atoms with van der Waals surface area (Å²) < 4.78 is 13.8. The Bertz CT molecular complexity index is 893. The minimum absolute atomic E-state index is 0.252. The van der Waals surface area contributed by atoms with E-state index in [9.17, 15) is 4.39 Å². The fourth-order valence-corrected chi connectivity index (χ4v) is 3.83. The van der Waals surface area contributed by atoms with Gasteiger partial charge in [-0.15, -0.1) is 0 Å². The molecule has 6 heteroatoms. The summed E-state index contributed by atoms with van der Waals surface area (Å²) >= 11 is 0. The maximum Gasteiger partial charge on any atom is 0.139 e. The van der Waals surface area contributed by atoms with Gasteiger partial charge < -0.3 is 9.80 Å². The average Bonchev–Trinajstić information content (AvgIpc) is 2.73. The summed E-state index contributed by atoms with van der Waals surface area (Å²) in [6.07, 6.45) is 5.65. The van der Waals surface area contributed by atoms with E-state index in [1.807, 2.05) is 18.3 Å². The van der Waals surface area contributed by atoms with Crippen molar-refractivity contribution in [3.8, 4) is 0 Å². The lowest BCUT2D eigenvalue weighted by molar-refractivity contribution is 0.403. The van der Waals surface area contributed by atoms with Gasteiger partial charge in [0, 0.05) is 37.8 Å². The van der Waals surface area contributed by atoms with Crippen LogP contribution in [0.15, 0.2) is 48.9 Å². The van der Waals surface area contributed by atoms with Crippen LogP contribution in [0, 0.1) is 11.7 Å². The summed E-state index contributed by atoms with van der Waals surface area (Å²) in [5.74, 6) is 2.22. The van der Waals surface area contributed by atoms with Crippen LogP contribution in [0.5, 0.6) is 0 Å². The van der Waals surface area contributed by atoms with E-state index in [0.717, 1.165) is 61.6 Å². The van der Waals surface area contributed by atoms with E-state index in [4.69, 9.17) is 0 Å². The van der Waals surface area contributed by atoms with Crippen LogP contribution < -0.4 is 9.80 Å². The second-order valence-corrected chi connectivity index (χ2v) is 7.02. The van der Waals surface area contributed by atoms with Gasteiger partial charge in [0.25, 0.3) is 0 Å². The summed E-state index contributed by atoms with van der Waals surface area (Å²) in [5.41, 5.74) is 0.782. The monoisotopic (exact) mass is 365 g/mol. The molecule has 2 aromatic heterocycles. The lowest BCUT2D eigenvalue weighted by Gasteiger charge is -2.35. The first kappa shape index (κ1) is 17.6. The van der Waals surface area contributed by atoms with E-state index < -0.39 is 0 Å². The molecule has 0 N–H and O–H groups in total. The van der Waals surface area contributed by atoms with Gasteiger partial charge in [-0.1, -0.05) is 6.07 Å². The Labute approximate surface area is 158 Å². The van der Waals surface area contributed by atoms with Crippen molar-refractivity contribution in [2.24, 2.45) is 5.92 Å². The summed E-state index contributed by atoms with van der Waals surface area (Å²) in [5, 5.41) is 0.783. The highest BCUT2D eigenvalue weighted by molar-refractivity contribution is 5.89. The van der Waals surface area contributed by atoms with Gasteiger partial charge in [0.2, 0.25) is 0 Å². The molecule has 0 bridgehead atoms. The largest absolute Gasteiger partial charge is 0.357 e. The van der Waals surface area contributed by atoms with E-state index in [0.29, 0.717) is 5.92 Å². The molecular formula is C21H24FN5. The average molecular weight is 365 g/mol. The Morgan fingerprint density at radius 3 is 2.70 bits per heavy atom. The lowest BCUT2D eigenvalue weighted by Crippen LogP contribution is -2.39. The standard InChI is InChI=1S/C21H24FN5/c1-2-26(21-18-13-17(22)6-7-19(18)24-15-25-21)14-16-8-11-27(12-9-16)20-5-3-4-10-23-20/h3-7,10,13,15-16H,2,8-9,11-12,14H2,1H3. The third-order valence-corrected chi connectivity index (χ3v) is 5.32. The summed E-state index contributed by atoms with van der Waals surface area (Å²) in [4.78, 5) is 17.8. The normalized spacial score (nSPS) is 15.3. The van der Waals surface area contributed by atoms with E-state index in [1.54, 1.807) is 12.4 Å². The van der Waals surface area contributed by atoms with Gasteiger partial charge in [-0.25, -0.2) is 19.3 Å². The van der Waals surface area contributed by atoms with Gasteiger partial charge in [0.05, 0.1) is 5.52 Å². The third kappa shape index (κ3) is 3.84. The molecule has 4 rings (SSSR count). The molecular weight excluding hydrogens is 341 g/mol. The van der Waals surface area contributed by atoms with Crippen LogP contribution in [-0.4, -0.2) is 41.1 Å². The second-order valence-electron chi connectivity index (χ2n) is 7.02. The molecule has 0 aliphatic carbocycles. The van der Waals surface area contributed by atoms with Gasteiger partial charge in [-0.3, -0.25) is 0 Å². The molecule has 0 spiro atoms.